The van der Waals surface area contributed by atoms with Crippen LogP contribution >= 0.6 is 11.3 Å². The molecule has 25 heavy (non-hydrogen) atoms. The van der Waals surface area contributed by atoms with Crippen molar-refractivity contribution in [2.24, 2.45) is 0 Å². The highest BCUT2D eigenvalue weighted by molar-refractivity contribution is 7.12. The summed E-state index contributed by atoms with van der Waals surface area (Å²) in [6.45, 7) is -0.417. The molecule has 0 bridgehead atoms. The maximum absolute atomic E-state index is 12.5. The summed E-state index contributed by atoms with van der Waals surface area (Å²) in [7, 11) is 0. The normalized spacial score (nSPS) is 10.2. The van der Waals surface area contributed by atoms with Crippen LogP contribution in [0.25, 0.3) is 0 Å². The smallest absolute Gasteiger partial charge is 0.341 e. The Hall–Kier alpha value is -3.19. The van der Waals surface area contributed by atoms with E-state index in [1.807, 2.05) is 11.4 Å². The number of hydrogen-bond donors (Lipinski definition) is 1. The van der Waals surface area contributed by atoms with E-state index in [0.29, 0.717) is 21.9 Å². The summed E-state index contributed by atoms with van der Waals surface area (Å²) >= 11 is 1.35. The average Bonchev–Trinajstić information content (AvgIpc) is 3.16. The van der Waals surface area contributed by atoms with E-state index in [1.165, 1.54) is 11.3 Å². The van der Waals surface area contributed by atoms with Crippen molar-refractivity contribution in [3.8, 4) is 17.4 Å². The van der Waals surface area contributed by atoms with Gasteiger partial charge in [-0.05, 0) is 47.8 Å². The molecule has 3 rings (SSSR count). The van der Waals surface area contributed by atoms with E-state index in [2.05, 4.69) is 4.98 Å². The number of aromatic nitrogens is 1. The molecule has 0 atom stereocenters. The highest BCUT2D eigenvalue weighted by Gasteiger charge is 2.17. The maximum Gasteiger partial charge on any atom is 0.341 e. The van der Waals surface area contributed by atoms with Crippen LogP contribution in [-0.4, -0.2) is 28.4 Å². The fraction of sp³-hybridized carbons (Fsp3) is 0.0556. The van der Waals surface area contributed by atoms with Crippen LogP contribution in [0.15, 0.2) is 60.1 Å². The first-order valence-electron chi connectivity index (χ1n) is 7.29. The Morgan fingerprint density at radius 1 is 1.04 bits per heavy atom. The third-order valence-electron chi connectivity index (χ3n) is 3.16. The van der Waals surface area contributed by atoms with Gasteiger partial charge in [0.1, 0.15) is 11.5 Å². The van der Waals surface area contributed by atoms with Crippen molar-refractivity contribution >= 4 is 23.1 Å². The number of thiophene rings is 1. The van der Waals surface area contributed by atoms with Crippen molar-refractivity contribution in [3.05, 3.63) is 70.5 Å². The zero-order chi connectivity index (χ0) is 17.6. The Labute approximate surface area is 147 Å². The van der Waals surface area contributed by atoms with E-state index in [4.69, 9.17) is 14.6 Å². The third kappa shape index (κ3) is 4.21. The lowest BCUT2D eigenvalue weighted by Gasteiger charge is -2.09. The SMILES string of the molecule is O=C(O)COc1ccc(Oc2ncccc2C(=O)c2cccs2)cc1. The molecule has 1 N–H and O–H groups in total. The molecule has 0 aliphatic rings. The number of carbonyl (C=O) groups excluding carboxylic acids is 1. The van der Waals surface area contributed by atoms with Crippen LogP contribution in [0.3, 0.4) is 0 Å². The Kier molecular flexibility index (Phi) is 5.06. The zero-order valence-electron chi connectivity index (χ0n) is 12.9. The van der Waals surface area contributed by atoms with E-state index >= 15 is 0 Å². The number of carbonyl (C=O) groups is 2. The Morgan fingerprint density at radius 3 is 2.48 bits per heavy atom. The lowest BCUT2D eigenvalue weighted by Crippen LogP contribution is -2.09. The van der Waals surface area contributed by atoms with E-state index in [0.717, 1.165) is 0 Å². The summed E-state index contributed by atoms with van der Waals surface area (Å²) in [5.74, 6) is -0.127. The van der Waals surface area contributed by atoms with Gasteiger partial charge in [-0.1, -0.05) is 6.07 Å². The van der Waals surface area contributed by atoms with Crippen molar-refractivity contribution in [2.45, 2.75) is 0 Å². The Balaban J connectivity index is 1.77. The molecular weight excluding hydrogens is 342 g/mol. The lowest BCUT2D eigenvalue weighted by molar-refractivity contribution is -0.139. The molecule has 2 heterocycles. The molecule has 0 saturated heterocycles. The van der Waals surface area contributed by atoms with Gasteiger partial charge in [0.05, 0.1) is 10.4 Å². The van der Waals surface area contributed by atoms with Crippen molar-refractivity contribution in [1.82, 2.24) is 4.98 Å². The number of hydrogen-bond acceptors (Lipinski definition) is 6. The lowest BCUT2D eigenvalue weighted by atomic mass is 10.1. The molecule has 7 heteroatoms. The van der Waals surface area contributed by atoms with Gasteiger partial charge in [-0.25, -0.2) is 9.78 Å². The Bertz CT molecular complexity index is 875. The predicted molar refractivity (Wildman–Crippen MR) is 91.6 cm³/mol. The fourth-order valence-corrected chi connectivity index (χ4v) is 2.72. The van der Waals surface area contributed by atoms with Crippen molar-refractivity contribution < 1.29 is 24.2 Å². The number of nitrogens with zero attached hydrogens (tertiary/aromatic N) is 1. The standard InChI is InChI=1S/C18H13NO5S/c20-16(21)11-23-12-5-7-13(8-6-12)24-18-14(3-1-9-19-18)17(22)15-4-2-10-25-15/h1-10H,11H2,(H,20,21). The topological polar surface area (TPSA) is 85.7 Å². The monoisotopic (exact) mass is 355 g/mol. The molecule has 0 aliphatic heterocycles. The molecule has 0 aliphatic carbocycles. The van der Waals surface area contributed by atoms with Gasteiger partial charge in [-0.15, -0.1) is 11.3 Å². The van der Waals surface area contributed by atoms with E-state index < -0.39 is 12.6 Å². The molecule has 3 aromatic rings. The van der Waals surface area contributed by atoms with Gasteiger partial charge in [0, 0.05) is 6.20 Å². The fourth-order valence-electron chi connectivity index (χ4n) is 2.05. The number of benzene rings is 1. The van der Waals surface area contributed by atoms with Crippen LogP contribution in [0.4, 0.5) is 0 Å². The summed E-state index contributed by atoms with van der Waals surface area (Å²) in [5, 5.41) is 10.4. The van der Waals surface area contributed by atoms with Crippen LogP contribution in [0.1, 0.15) is 15.2 Å². The molecule has 0 radical (unpaired) electrons. The number of carboxylic acid groups (broad SMARTS) is 1. The van der Waals surface area contributed by atoms with Gasteiger partial charge < -0.3 is 14.6 Å². The first-order valence-corrected chi connectivity index (χ1v) is 8.17. The summed E-state index contributed by atoms with van der Waals surface area (Å²) in [6, 6.07) is 13.3. The molecular formula is C18H13NO5S. The van der Waals surface area contributed by atoms with Crippen molar-refractivity contribution in [1.29, 1.82) is 0 Å². The first kappa shape index (κ1) is 16.7. The summed E-state index contributed by atoms with van der Waals surface area (Å²) < 4.78 is 10.8. The van der Waals surface area contributed by atoms with Gasteiger partial charge in [-0.2, -0.15) is 0 Å². The van der Waals surface area contributed by atoms with E-state index in [-0.39, 0.29) is 11.7 Å². The van der Waals surface area contributed by atoms with Gasteiger partial charge in [0.25, 0.3) is 0 Å². The minimum absolute atomic E-state index is 0.153. The predicted octanol–water partition coefficient (Wildman–Crippen LogP) is 3.63. The number of rotatable bonds is 7. The summed E-state index contributed by atoms with van der Waals surface area (Å²) in [5.41, 5.74) is 0.371. The van der Waals surface area contributed by atoms with Crippen molar-refractivity contribution in [3.63, 3.8) is 0 Å². The molecule has 2 aromatic heterocycles. The van der Waals surface area contributed by atoms with Crippen molar-refractivity contribution in [2.75, 3.05) is 6.61 Å². The number of aliphatic carboxylic acids is 1. The second-order valence-corrected chi connectivity index (χ2v) is 5.87. The first-order chi connectivity index (χ1) is 12.1. The number of carboxylic acids is 1. The van der Waals surface area contributed by atoms with Crippen LogP contribution in [0.2, 0.25) is 0 Å². The van der Waals surface area contributed by atoms with Gasteiger partial charge >= 0.3 is 5.97 Å². The van der Waals surface area contributed by atoms with E-state index in [1.54, 1.807) is 48.7 Å². The highest BCUT2D eigenvalue weighted by Crippen LogP contribution is 2.27. The van der Waals surface area contributed by atoms with Crippen LogP contribution in [0.5, 0.6) is 17.4 Å². The van der Waals surface area contributed by atoms with Gasteiger partial charge in [-0.3, -0.25) is 4.79 Å². The quantitative estimate of drug-likeness (QED) is 0.651. The zero-order valence-corrected chi connectivity index (χ0v) is 13.7. The number of ether oxygens (including phenoxy) is 2. The third-order valence-corrected chi connectivity index (χ3v) is 4.03. The van der Waals surface area contributed by atoms with Gasteiger partial charge in [0.15, 0.2) is 6.61 Å². The molecule has 1 aromatic carbocycles. The molecule has 0 amide bonds. The molecule has 0 spiro atoms. The minimum Gasteiger partial charge on any atom is -0.482 e. The molecule has 126 valence electrons. The van der Waals surface area contributed by atoms with Crippen LogP contribution in [-0.2, 0) is 4.79 Å². The van der Waals surface area contributed by atoms with Crippen LogP contribution < -0.4 is 9.47 Å². The largest absolute Gasteiger partial charge is 0.482 e. The van der Waals surface area contributed by atoms with E-state index in [9.17, 15) is 9.59 Å². The molecule has 6 nitrogen and oxygen atoms in total. The second kappa shape index (κ2) is 7.59. The summed E-state index contributed by atoms with van der Waals surface area (Å²) in [4.78, 5) is 27.8. The number of pyridine rings is 1. The number of ketones is 1. The maximum atomic E-state index is 12.5. The average molecular weight is 355 g/mol. The molecule has 0 saturated carbocycles. The summed E-state index contributed by atoms with van der Waals surface area (Å²) in [6.07, 6.45) is 1.55. The minimum atomic E-state index is -1.05. The highest BCUT2D eigenvalue weighted by atomic mass is 32.1. The molecule has 0 fully saturated rings. The van der Waals surface area contributed by atoms with Gasteiger partial charge in [0.2, 0.25) is 11.7 Å². The molecule has 0 unspecified atom stereocenters. The Morgan fingerprint density at radius 2 is 1.80 bits per heavy atom. The second-order valence-electron chi connectivity index (χ2n) is 4.92. The van der Waals surface area contributed by atoms with Crippen LogP contribution in [0, 0.1) is 0 Å².